The van der Waals surface area contributed by atoms with Gasteiger partial charge in [0.2, 0.25) is 0 Å². The van der Waals surface area contributed by atoms with Crippen LogP contribution in [0.1, 0.15) is 5.56 Å². The third-order valence-corrected chi connectivity index (χ3v) is 2.45. The molecule has 4 heteroatoms. The Balaban J connectivity index is 2.23. The first-order valence-electron chi connectivity index (χ1n) is 4.17. The van der Waals surface area contributed by atoms with E-state index in [4.69, 9.17) is 0 Å². The van der Waals surface area contributed by atoms with Crippen molar-refractivity contribution in [1.82, 2.24) is 9.78 Å². The summed E-state index contributed by atoms with van der Waals surface area (Å²) in [6.07, 6.45) is 3.63. The molecule has 0 saturated heterocycles. The third-order valence-electron chi connectivity index (χ3n) is 1.89. The number of nitrogens with zero attached hydrogens (tertiary/aromatic N) is 2. The Kier molecular flexibility index (Phi) is 2.81. The molecule has 2 nitrogen and oxygen atoms in total. The summed E-state index contributed by atoms with van der Waals surface area (Å²) >= 11 is 2.17. The van der Waals surface area contributed by atoms with Crippen LogP contribution in [-0.4, -0.2) is 9.78 Å². The van der Waals surface area contributed by atoms with Crippen molar-refractivity contribution >= 4 is 22.6 Å². The topological polar surface area (TPSA) is 17.8 Å². The maximum absolute atomic E-state index is 13.2. The molecule has 14 heavy (non-hydrogen) atoms. The predicted molar refractivity (Wildman–Crippen MR) is 60.4 cm³/mol. The second-order valence-electron chi connectivity index (χ2n) is 2.95. The van der Waals surface area contributed by atoms with Crippen molar-refractivity contribution in [1.29, 1.82) is 0 Å². The van der Waals surface area contributed by atoms with Crippen LogP contribution in [0, 0.1) is 9.39 Å². The van der Waals surface area contributed by atoms with E-state index in [1.54, 1.807) is 23.0 Å². The zero-order valence-electron chi connectivity index (χ0n) is 7.32. The molecule has 0 aliphatic rings. The Labute approximate surface area is 94.9 Å². The fourth-order valence-corrected chi connectivity index (χ4v) is 1.67. The average molecular weight is 302 g/mol. The fourth-order valence-electron chi connectivity index (χ4n) is 1.23. The summed E-state index contributed by atoms with van der Waals surface area (Å²) in [7, 11) is 0. The molecule has 0 aliphatic heterocycles. The zero-order valence-corrected chi connectivity index (χ0v) is 9.48. The second kappa shape index (κ2) is 4.08. The molecule has 0 atom stereocenters. The molecule has 0 saturated carbocycles. The van der Waals surface area contributed by atoms with Crippen LogP contribution in [0.25, 0.3) is 0 Å². The minimum absolute atomic E-state index is 0.182. The lowest BCUT2D eigenvalue weighted by atomic mass is 10.2. The van der Waals surface area contributed by atoms with Crippen LogP contribution in [0.3, 0.4) is 0 Å². The van der Waals surface area contributed by atoms with E-state index in [0.717, 1.165) is 3.57 Å². The molecule has 1 aromatic carbocycles. The van der Waals surface area contributed by atoms with Gasteiger partial charge in [-0.2, -0.15) is 5.10 Å². The maximum Gasteiger partial charge on any atom is 0.128 e. The van der Waals surface area contributed by atoms with Crippen molar-refractivity contribution in [3.63, 3.8) is 0 Å². The normalized spacial score (nSPS) is 10.4. The van der Waals surface area contributed by atoms with Gasteiger partial charge in [-0.3, -0.25) is 4.68 Å². The first-order valence-corrected chi connectivity index (χ1v) is 5.25. The number of benzene rings is 1. The number of hydrogen-bond acceptors (Lipinski definition) is 1. The SMILES string of the molecule is Fc1ccccc1Cn1cc(I)cn1. The van der Waals surface area contributed by atoms with Crippen molar-refractivity contribution in [2.75, 3.05) is 0 Å². The van der Waals surface area contributed by atoms with E-state index in [2.05, 4.69) is 27.7 Å². The first kappa shape index (κ1) is 9.64. The minimum Gasteiger partial charge on any atom is -0.267 e. The summed E-state index contributed by atoms with van der Waals surface area (Å²) in [4.78, 5) is 0. The zero-order chi connectivity index (χ0) is 9.97. The molecule has 72 valence electrons. The van der Waals surface area contributed by atoms with Gasteiger partial charge in [-0.25, -0.2) is 4.39 Å². The van der Waals surface area contributed by atoms with Gasteiger partial charge >= 0.3 is 0 Å². The van der Waals surface area contributed by atoms with E-state index in [1.807, 2.05) is 12.3 Å². The summed E-state index contributed by atoms with van der Waals surface area (Å²) < 4.78 is 16.0. The quantitative estimate of drug-likeness (QED) is 0.780. The molecule has 0 bridgehead atoms. The Morgan fingerprint density at radius 2 is 2.14 bits per heavy atom. The van der Waals surface area contributed by atoms with E-state index in [1.165, 1.54) is 6.07 Å². The highest BCUT2D eigenvalue weighted by Crippen LogP contribution is 2.09. The van der Waals surface area contributed by atoms with E-state index < -0.39 is 0 Å². The van der Waals surface area contributed by atoms with Gasteiger partial charge in [0.15, 0.2) is 0 Å². The van der Waals surface area contributed by atoms with E-state index in [9.17, 15) is 4.39 Å². The molecular formula is C10H8FIN2. The standard InChI is InChI=1S/C10H8FIN2/c11-10-4-2-1-3-8(10)6-14-7-9(12)5-13-14/h1-5,7H,6H2. The van der Waals surface area contributed by atoms with Crippen LogP contribution in [0.4, 0.5) is 4.39 Å². The molecule has 0 N–H and O–H groups in total. The molecule has 0 radical (unpaired) electrons. The monoisotopic (exact) mass is 302 g/mol. The molecule has 0 fully saturated rings. The van der Waals surface area contributed by atoms with Crippen molar-refractivity contribution < 1.29 is 4.39 Å². The Morgan fingerprint density at radius 1 is 1.36 bits per heavy atom. The smallest absolute Gasteiger partial charge is 0.128 e. The molecule has 0 unspecified atom stereocenters. The van der Waals surface area contributed by atoms with Crippen molar-refractivity contribution in [2.45, 2.75) is 6.54 Å². The van der Waals surface area contributed by atoms with E-state index in [0.29, 0.717) is 12.1 Å². The van der Waals surface area contributed by atoms with Gasteiger partial charge in [-0.1, -0.05) is 18.2 Å². The summed E-state index contributed by atoms with van der Waals surface area (Å²) in [6, 6.07) is 6.74. The summed E-state index contributed by atoms with van der Waals surface area (Å²) in [5.74, 6) is -0.182. The highest BCUT2D eigenvalue weighted by atomic mass is 127. The molecule has 2 aromatic rings. The lowest BCUT2D eigenvalue weighted by Gasteiger charge is -2.02. The Hall–Kier alpha value is -0.910. The van der Waals surface area contributed by atoms with E-state index in [-0.39, 0.29) is 5.82 Å². The van der Waals surface area contributed by atoms with Gasteiger partial charge in [0.1, 0.15) is 5.82 Å². The average Bonchev–Trinajstić information content (AvgIpc) is 2.56. The van der Waals surface area contributed by atoms with Crippen molar-refractivity contribution in [2.24, 2.45) is 0 Å². The third kappa shape index (κ3) is 2.12. The van der Waals surface area contributed by atoms with Crippen LogP contribution in [0.2, 0.25) is 0 Å². The molecule has 0 aliphatic carbocycles. The van der Waals surface area contributed by atoms with Crippen molar-refractivity contribution in [3.8, 4) is 0 Å². The molecule has 0 amide bonds. The van der Waals surface area contributed by atoms with Gasteiger partial charge in [-0.05, 0) is 28.7 Å². The summed E-state index contributed by atoms with van der Waals surface area (Å²) in [5.41, 5.74) is 0.659. The van der Waals surface area contributed by atoms with Crippen LogP contribution < -0.4 is 0 Å². The molecular weight excluding hydrogens is 294 g/mol. The van der Waals surface area contributed by atoms with Crippen LogP contribution in [0.15, 0.2) is 36.7 Å². The fraction of sp³-hybridized carbons (Fsp3) is 0.100. The lowest BCUT2D eigenvalue weighted by molar-refractivity contribution is 0.585. The van der Waals surface area contributed by atoms with E-state index >= 15 is 0 Å². The molecule has 1 aromatic heterocycles. The van der Waals surface area contributed by atoms with Gasteiger partial charge in [0.25, 0.3) is 0 Å². The number of aromatic nitrogens is 2. The van der Waals surface area contributed by atoms with Crippen molar-refractivity contribution in [3.05, 3.63) is 51.6 Å². The van der Waals surface area contributed by atoms with Gasteiger partial charge in [-0.15, -0.1) is 0 Å². The highest BCUT2D eigenvalue weighted by molar-refractivity contribution is 14.1. The van der Waals surface area contributed by atoms with Crippen LogP contribution in [-0.2, 0) is 6.54 Å². The number of hydrogen-bond donors (Lipinski definition) is 0. The number of rotatable bonds is 2. The Morgan fingerprint density at radius 3 is 2.79 bits per heavy atom. The lowest BCUT2D eigenvalue weighted by Crippen LogP contribution is -2.01. The van der Waals surface area contributed by atoms with Gasteiger partial charge < -0.3 is 0 Å². The first-order chi connectivity index (χ1) is 6.75. The van der Waals surface area contributed by atoms with Gasteiger partial charge in [0.05, 0.1) is 16.3 Å². The summed E-state index contributed by atoms with van der Waals surface area (Å²) in [5, 5.41) is 4.09. The second-order valence-corrected chi connectivity index (χ2v) is 4.19. The Bertz CT molecular complexity index is 439. The van der Waals surface area contributed by atoms with Gasteiger partial charge in [0, 0.05) is 11.8 Å². The molecule has 1 heterocycles. The maximum atomic E-state index is 13.2. The molecule has 0 spiro atoms. The van der Waals surface area contributed by atoms with Crippen LogP contribution >= 0.6 is 22.6 Å². The van der Waals surface area contributed by atoms with Crippen LogP contribution in [0.5, 0.6) is 0 Å². The predicted octanol–water partition coefficient (Wildman–Crippen LogP) is 2.68. The summed E-state index contributed by atoms with van der Waals surface area (Å²) in [6.45, 7) is 0.482. The molecule has 2 rings (SSSR count). The number of halogens is 2. The largest absolute Gasteiger partial charge is 0.267 e. The highest BCUT2D eigenvalue weighted by Gasteiger charge is 2.02. The minimum atomic E-state index is -0.182.